The zero-order chi connectivity index (χ0) is 22.5. The lowest BCUT2D eigenvalue weighted by Gasteiger charge is -2.22. The number of carbonyl (C=O) groups is 1. The molecule has 0 saturated heterocycles. The van der Waals surface area contributed by atoms with Crippen LogP contribution < -0.4 is 15.7 Å². The number of methoxy groups -OCH3 is 1. The second kappa shape index (κ2) is 10.2. The summed E-state index contributed by atoms with van der Waals surface area (Å²) in [6, 6.07) is 8.85. The quantitative estimate of drug-likeness (QED) is 0.415. The Bertz CT molecular complexity index is 1180. The minimum atomic E-state index is -0.297. The Morgan fingerprint density at radius 1 is 1.28 bits per heavy atom. The lowest BCUT2D eigenvalue weighted by atomic mass is 9.97. The van der Waals surface area contributed by atoms with E-state index in [9.17, 15) is 9.59 Å². The Balaban J connectivity index is 1.53. The van der Waals surface area contributed by atoms with Gasteiger partial charge < -0.3 is 10.1 Å². The van der Waals surface area contributed by atoms with E-state index < -0.39 is 0 Å². The van der Waals surface area contributed by atoms with Gasteiger partial charge in [-0.3, -0.25) is 14.3 Å². The van der Waals surface area contributed by atoms with Gasteiger partial charge in [0, 0.05) is 28.7 Å². The molecule has 2 heterocycles. The summed E-state index contributed by atoms with van der Waals surface area (Å²) >= 11 is 7.32. The zero-order valence-electron chi connectivity index (χ0n) is 17.6. The van der Waals surface area contributed by atoms with Crippen LogP contribution in [0.2, 0.25) is 5.02 Å². The maximum Gasteiger partial charge on any atom is 0.349 e. The molecule has 4 rings (SSSR count). The number of ether oxygens (including phenoxy) is 1. The van der Waals surface area contributed by atoms with E-state index in [0.29, 0.717) is 28.0 Å². The molecule has 0 aliphatic heterocycles. The number of nitrogens with zero attached hydrogens (tertiary/aromatic N) is 3. The predicted molar refractivity (Wildman–Crippen MR) is 126 cm³/mol. The first kappa shape index (κ1) is 22.4. The Kier molecular flexibility index (Phi) is 7.12. The molecule has 7 nitrogen and oxygen atoms in total. The molecule has 0 fully saturated rings. The fourth-order valence-corrected chi connectivity index (χ4v) is 4.85. The van der Waals surface area contributed by atoms with Gasteiger partial charge in [0.2, 0.25) is 5.91 Å². The molecular formula is C23H23ClN4O3S. The second-order valence-electron chi connectivity index (χ2n) is 7.46. The first-order valence-corrected chi connectivity index (χ1v) is 11.7. The van der Waals surface area contributed by atoms with Crippen LogP contribution in [0.3, 0.4) is 0 Å². The van der Waals surface area contributed by atoms with E-state index in [1.54, 1.807) is 35.2 Å². The summed E-state index contributed by atoms with van der Waals surface area (Å²) in [5.41, 5.74) is 3.25. The smallest absolute Gasteiger partial charge is 0.349 e. The number of thioether (sulfide) groups is 1. The van der Waals surface area contributed by atoms with E-state index in [0.717, 1.165) is 42.5 Å². The molecule has 3 aromatic rings. The monoisotopic (exact) mass is 470 g/mol. The van der Waals surface area contributed by atoms with Crippen LogP contribution in [0.4, 0.5) is 5.69 Å². The average molecular weight is 471 g/mol. The number of fused-ring (bicyclic) bond motifs is 1. The summed E-state index contributed by atoms with van der Waals surface area (Å²) in [7, 11) is 1.53. The van der Waals surface area contributed by atoms with Gasteiger partial charge in [0.25, 0.3) is 0 Å². The molecule has 1 aliphatic rings. The molecule has 1 amide bonds. The number of aromatic nitrogens is 3. The fourth-order valence-electron chi connectivity index (χ4n) is 3.80. The van der Waals surface area contributed by atoms with Crippen molar-refractivity contribution in [1.82, 2.24) is 14.5 Å². The molecule has 0 spiro atoms. The highest BCUT2D eigenvalue weighted by atomic mass is 35.5. The van der Waals surface area contributed by atoms with Crippen LogP contribution in [0.15, 0.2) is 52.5 Å². The molecule has 0 bridgehead atoms. The second-order valence-corrected chi connectivity index (χ2v) is 8.86. The van der Waals surface area contributed by atoms with Crippen LogP contribution in [0.5, 0.6) is 5.75 Å². The third-order valence-corrected chi connectivity index (χ3v) is 6.54. The minimum absolute atomic E-state index is 0.126. The Morgan fingerprint density at radius 2 is 2.12 bits per heavy atom. The van der Waals surface area contributed by atoms with Crippen LogP contribution in [0, 0.1) is 0 Å². The molecule has 166 valence electrons. The van der Waals surface area contributed by atoms with E-state index >= 15 is 0 Å². The standard InChI is InChI=1S/C23H23ClN4O3S/c1-31-20-9-8-16(24)11-18(20)26-21(29)14-32-22-17-6-2-3-7-19(17)28(23(30)27-22)13-15-5-4-10-25-12-15/h4-5,8-12H,2-3,6-7,13-14H2,1H3,(H,26,29). The summed E-state index contributed by atoms with van der Waals surface area (Å²) in [6.45, 7) is 0.446. The van der Waals surface area contributed by atoms with Crippen molar-refractivity contribution in [1.29, 1.82) is 0 Å². The molecule has 2 aromatic heterocycles. The predicted octanol–water partition coefficient (Wildman–Crippen LogP) is 3.96. The number of halogens is 1. The summed E-state index contributed by atoms with van der Waals surface area (Å²) in [5.74, 6) is 0.434. The Hall–Kier alpha value is -2.84. The number of anilines is 1. The SMILES string of the molecule is COc1ccc(Cl)cc1NC(=O)CSc1nc(=O)n(Cc2cccnc2)c2c1CCCC2. The van der Waals surface area contributed by atoms with E-state index in [-0.39, 0.29) is 17.3 Å². The number of carbonyl (C=O) groups excluding carboxylic acids is 1. The van der Waals surface area contributed by atoms with Crippen LogP contribution in [-0.2, 0) is 24.2 Å². The normalized spacial score (nSPS) is 12.8. The van der Waals surface area contributed by atoms with E-state index in [1.807, 2.05) is 12.1 Å². The van der Waals surface area contributed by atoms with Crippen molar-refractivity contribution < 1.29 is 9.53 Å². The van der Waals surface area contributed by atoms with Gasteiger partial charge in [-0.05, 0) is 55.5 Å². The molecule has 0 saturated carbocycles. The van der Waals surface area contributed by atoms with Crippen LogP contribution in [0.1, 0.15) is 29.7 Å². The summed E-state index contributed by atoms with van der Waals surface area (Å²) < 4.78 is 7.02. The molecule has 0 atom stereocenters. The molecule has 0 unspecified atom stereocenters. The van der Waals surface area contributed by atoms with Gasteiger partial charge in [0.1, 0.15) is 10.8 Å². The van der Waals surface area contributed by atoms with E-state index in [1.165, 1.54) is 18.9 Å². The zero-order valence-corrected chi connectivity index (χ0v) is 19.2. The number of amides is 1. The molecule has 9 heteroatoms. The van der Waals surface area contributed by atoms with Crippen molar-refractivity contribution in [3.8, 4) is 5.75 Å². The lowest BCUT2D eigenvalue weighted by molar-refractivity contribution is -0.113. The topological polar surface area (TPSA) is 86.1 Å². The van der Waals surface area contributed by atoms with Crippen molar-refractivity contribution in [2.45, 2.75) is 37.3 Å². The molecule has 1 N–H and O–H groups in total. The van der Waals surface area contributed by atoms with Gasteiger partial charge in [-0.25, -0.2) is 4.79 Å². The van der Waals surface area contributed by atoms with Gasteiger partial charge in [-0.2, -0.15) is 4.98 Å². The first-order valence-electron chi connectivity index (χ1n) is 10.3. The largest absolute Gasteiger partial charge is 0.495 e. The van der Waals surface area contributed by atoms with Crippen molar-refractivity contribution >= 4 is 35.0 Å². The maximum atomic E-state index is 12.9. The van der Waals surface area contributed by atoms with Gasteiger partial charge in [0.15, 0.2) is 0 Å². The molecule has 1 aliphatic carbocycles. The molecular weight excluding hydrogens is 448 g/mol. The van der Waals surface area contributed by atoms with Crippen molar-refractivity contribution in [3.63, 3.8) is 0 Å². The number of nitrogens with one attached hydrogen (secondary N) is 1. The lowest BCUT2D eigenvalue weighted by Crippen LogP contribution is -2.30. The third-order valence-electron chi connectivity index (χ3n) is 5.29. The van der Waals surface area contributed by atoms with E-state index in [4.69, 9.17) is 16.3 Å². The van der Waals surface area contributed by atoms with Crippen LogP contribution in [0.25, 0.3) is 0 Å². The minimum Gasteiger partial charge on any atom is -0.495 e. The van der Waals surface area contributed by atoms with Gasteiger partial charge in [-0.1, -0.05) is 29.4 Å². The Labute approximate surface area is 195 Å². The van der Waals surface area contributed by atoms with Crippen molar-refractivity contribution in [2.24, 2.45) is 0 Å². The number of rotatable bonds is 7. The van der Waals surface area contributed by atoms with Crippen LogP contribution in [-0.4, -0.2) is 33.3 Å². The van der Waals surface area contributed by atoms with Crippen LogP contribution >= 0.6 is 23.4 Å². The highest BCUT2D eigenvalue weighted by Gasteiger charge is 2.21. The fraction of sp³-hybridized carbons (Fsp3) is 0.304. The van der Waals surface area contributed by atoms with Crippen molar-refractivity contribution in [3.05, 3.63) is 75.1 Å². The summed E-state index contributed by atoms with van der Waals surface area (Å²) in [6.07, 6.45) is 7.22. The van der Waals surface area contributed by atoms with Gasteiger partial charge in [0.05, 0.1) is 25.1 Å². The highest BCUT2D eigenvalue weighted by Crippen LogP contribution is 2.30. The number of pyridine rings is 1. The first-order chi connectivity index (χ1) is 15.5. The maximum absolute atomic E-state index is 12.9. The molecule has 32 heavy (non-hydrogen) atoms. The average Bonchev–Trinajstić information content (AvgIpc) is 2.80. The summed E-state index contributed by atoms with van der Waals surface area (Å²) in [4.78, 5) is 33.9. The molecule has 0 radical (unpaired) electrons. The number of benzene rings is 1. The van der Waals surface area contributed by atoms with Gasteiger partial charge in [-0.15, -0.1) is 0 Å². The Morgan fingerprint density at radius 3 is 2.91 bits per heavy atom. The number of hydrogen-bond acceptors (Lipinski definition) is 6. The van der Waals surface area contributed by atoms with E-state index in [2.05, 4.69) is 15.3 Å². The third kappa shape index (κ3) is 5.14. The highest BCUT2D eigenvalue weighted by molar-refractivity contribution is 8.00. The molecule has 1 aromatic carbocycles. The number of hydrogen-bond donors (Lipinski definition) is 1. The van der Waals surface area contributed by atoms with Crippen molar-refractivity contribution in [2.75, 3.05) is 18.2 Å². The van der Waals surface area contributed by atoms with Gasteiger partial charge >= 0.3 is 5.69 Å². The summed E-state index contributed by atoms with van der Waals surface area (Å²) in [5, 5.41) is 3.96.